The molecule has 6 aromatic rings. The summed E-state index contributed by atoms with van der Waals surface area (Å²) in [5.41, 5.74) is 20.7. The highest BCUT2D eigenvalue weighted by atomic mass is 32.1. The van der Waals surface area contributed by atoms with Crippen LogP contribution in [-0.2, 0) is 27.1 Å². The summed E-state index contributed by atoms with van der Waals surface area (Å²) < 4.78 is 2.86. The molecular weight excluding hydrogens is 719 g/mol. The summed E-state index contributed by atoms with van der Waals surface area (Å²) in [4.78, 5) is 5.27. The van der Waals surface area contributed by atoms with E-state index in [-0.39, 0.29) is 33.8 Å². The Hall–Kier alpha value is -4.28. The standard InChI is InChI=1S/C54H63BN2S/c1-32-26-44-47-45(27-32)57(42-23-19-35(28-33(42)2)51(6,7)8)43-29-36(52(9,10)11)18-22-41(43)55(47)49-48(56(44)37-20-16-34(17-21-37)50(3,4)5)38-30-39-40(31-46(38)58-49)54(14,15)25-24-53(39,12)13/h16-23,26-31H,24-25H2,1-15H3. The zero-order valence-corrected chi connectivity index (χ0v) is 38.7. The van der Waals surface area contributed by atoms with E-state index < -0.39 is 0 Å². The molecule has 2 nitrogen and oxygen atoms in total. The van der Waals surface area contributed by atoms with Crippen LogP contribution >= 0.6 is 11.3 Å². The van der Waals surface area contributed by atoms with Crippen LogP contribution in [0.3, 0.4) is 0 Å². The van der Waals surface area contributed by atoms with Gasteiger partial charge in [-0.1, -0.05) is 126 Å². The van der Waals surface area contributed by atoms with Crippen molar-refractivity contribution in [3.05, 3.63) is 124 Å². The number of fused-ring (bicyclic) bond motifs is 7. The Balaban J connectivity index is 1.40. The van der Waals surface area contributed by atoms with Crippen molar-refractivity contribution in [1.29, 1.82) is 0 Å². The number of rotatable bonds is 2. The lowest BCUT2D eigenvalue weighted by atomic mass is 9.36. The van der Waals surface area contributed by atoms with Gasteiger partial charge in [-0.15, -0.1) is 11.3 Å². The van der Waals surface area contributed by atoms with Gasteiger partial charge in [0.15, 0.2) is 0 Å². The molecule has 4 heteroatoms. The summed E-state index contributed by atoms with van der Waals surface area (Å²) >= 11 is 2.04. The largest absolute Gasteiger partial charge is 0.311 e. The second-order valence-corrected chi connectivity index (χ2v) is 23.5. The third-order valence-corrected chi connectivity index (χ3v) is 15.1. The maximum Gasteiger partial charge on any atom is 0.264 e. The zero-order valence-electron chi connectivity index (χ0n) is 37.9. The first-order chi connectivity index (χ1) is 27.0. The van der Waals surface area contributed by atoms with Gasteiger partial charge in [0.25, 0.3) is 6.71 Å². The lowest BCUT2D eigenvalue weighted by Crippen LogP contribution is -2.60. The number of anilines is 6. The summed E-state index contributed by atoms with van der Waals surface area (Å²) in [5.74, 6) is 0. The average molecular weight is 783 g/mol. The second kappa shape index (κ2) is 12.6. The molecule has 0 spiro atoms. The van der Waals surface area contributed by atoms with E-state index in [0.29, 0.717) is 0 Å². The Bertz CT molecular complexity index is 2650. The second-order valence-electron chi connectivity index (χ2n) is 22.4. The molecule has 0 saturated heterocycles. The fourth-order valence-electron chi connectivity index (χ4n) is 10.2. The smallest absolute Gasteiger partial charge is 0.264 e. The number of hydrogen-bond donors (Lipinski definition) is 0. The van der Waals surface area contributed by atoms with E-state index in [9.17, 15) is 0 Å². The molecule has 3 aliphatic rings. The van der Waals surface area contributed by atoms with Crippen molar-refractivity contribution in [2.75, 3.05) is 9.80 Å². The predicted molar refractivity (Wildman–Crippen MR) is 257 cm³/mol. The molecule has 1 aromatic heterocycles. The van der Waals surface area contributed by atoms with Crippen LogP contribution in [0.15, 0.2) is 84.9 Å². The van der Waals surface area contributed by atoms with E-state index >= 15 is 0 Å². The number of nitrogens with zero attached hydrogens (tertiary/aromatic N) is 2. The maximum absolute atomic E-state index is 2.65. The van der Waals surface area contributed by atoms with Gasteiger partial charge in [-0.2, -0.15) is 0 Å². The Kier molecular flexibility index (Phi) is 8.53. The van der Waals surface area contributed by atoms with Gasteiger partial charge in [-0.25, -0.2) is 0 Å². The van der Waals surface area contributed by atoms with Crippen molar-refractivity contribution >= 4 is 78.0 Å². The van der Waals surface area contributed by atoms with Gasteiger partial charge in [-0.3, -0.25) is 0 Å². The molecule has 0 amide bonds. The zero-order chi connectivity index (χ0) is 41.6. The minimum absolute atomic E-state index is 0.00785. The van der Waals surface area contributed by atoms with Crippen molar-refractivity contribution < 1.29 is 0 Å². The van der Waals surface area contributed by atoms with E-state index in [2.05, 4.69) is 199 Å². The van der Waals surface area contributed by atoms with Crippen LogP contribution < -0.4 is 25.5 Å². The van der Waals surface area contributed by atoms with Crippen LogP contribution in [0.2, 0.25) is 0 Å². The number of aryl methyl sites for hydroxylation is 2. The summed E-state index contributed by atoms with van der Waals surface area (Å²) in [6.45, 7) is 35.5. The quantitative estimate of drug-likeness (QED) is 0.161. The van der Waals surface area contributed by atoms with Crippen molar-refractivity contribution in [1.82, 2.24) is 0 Å². The van der Waals surface area contributed by atoms with Crippen LogP contribution in [0.25, 0.3) is 10.1 Å². The first-order valence-corrected chi connectivity index (χ1v) is 22.5. The monoisotopic (exact) mass is 782 g/mol. The SMILES string of the molecule is Cc1cc2c3c(c1)N(c1ccc(C(C)(C)C)cc1)c1c(sc4cc5c(cc14)C(C)(C)CCC5(C)C)B3c1ccc(C(C)(C)C)cc1N2c1ccc(C(C)(C)C)cc1C. The summed E-state index contributed by atoms with van der Waals surface area (Å²) in [7, 11) is 0. The molecule has 0 atom stereocenters. The van der Waals surface area contributed by atoms with Crippen molar-refractivity contribution in [3.63, 3.8) is 0 Å². The third-order valence-electron chi connectivity index (χ3n) is 13.9. The normalized spacial score (nSPS) is 16.9. The molecule has 58 heavy (non-hydrogen) atoms. The topological polar surface area (TPSA) is 6.48 Å². The van der Waals surface area contributed by atoms with Gasteiger partial charge in [0.1, 0.15) is 0 Å². The van der Waals surface area contributed by atoms with Crippen LogP contribution in [0.4, 0.5) is 34.1 Å². The molecule has 0 fully saturated rings. The van der Waals surface area contributed by atoms with E-state index in [4.69, 9.17) is 0 Å². The van der Waals surface area contributed by atoms with Crippen molar-refractivity contribution in [2.24, 2.45) is 0 Å². The van der Waals surface area contributed by atoms with Gasteiger partial charge < -0.3 is 9.80 Å². The number of thiophene rings is 1. The van der Waals surface area contributed by atoms with Crippen LogP contribution in [0, 0.1) is 13.8 Å². The van der Waals surface area contributed by atoms with Crippen LogP contribution in [-0.4, -0.2) is 6.71 Å². The molecule has 0 bridgehead atoms. The molecule has 0 N–H and O–H groups in total. The minimum Gasteiger partial charge on any atom is -0.311 e. The average Bonchev–Trinajstić information content (AvgIpc) is 3.50. The van der Waals surface area contributed by atoms with Crippen LogP contribution in [0.1, 0.15) is 142 Å². The predicted octanol–water partition coefficient (Wildman–Crippen LogP) is 13.8. The summed E-state index contributed by atoms with van der Waals surface area (Å²) in [5, 5.41) is 1.39. The highest BCUT2D eigenvalue weighted by molar-refractivity contribution is 7.33. The lowest BCUT2D eigenvalue weighted by molar-refractivity contribution is 0.332. The fraction of sp³-hybridized carbons (Fsp3) is 0.407. The third kappa shape index (κ3) is 6.02. The molecule has 2 aliphatic heterocycles. The Labute approximate surface area is 353 Å². The molecule has 298 valence electrons. The summed E-state index contributed by atoms with van der Waals surface area (Å²) in [6.07, 6.45) is 2.41. The highest BCUT2D eigenvalue weighted by Crippen LogP contribution is 2.53. The van der Waals surface area contributed by atoms with Gasteiger partial charge >= 0.3 is 0 Å². The van der Waals surface area contributed by atoms with E-state index in [1.807, 2.05) is 11.3 Å². The van der Waals surface area contributed by atoms with E-state index in [1.165, 1.54) is 112 Å². The first kappa shape index (κ1) is 39.2. The van der Waals surface area contributed by atoms with Gasteiger partial charge in [0.2, 0.25) is 0 Å². The number of hydrogen-bond acceptors (Lipinski definition) is 3. The van der Waals surface area contributed by atoms with E-state index in [1.54, 1.807) is 0 Å². The first-order valence-electron chi connectivity index (χ1n) is 21.7. The molecule has 9 rings (SSSR count). The Morgan fingerprint density at radius 3 is 1.67 bits per heavy atom. The maximum atomic E-state index is 2.65. The molecule has 1 aliphatic carbocycles. The minimum atomic E-state index is 0.00785. The molecular formula is C54H63BN2S. The Morgan fingerprint density at radius 1 is 0.552 bits per heavy atom. The van der Waals surface area contributed by atoms with Crippen LogP contribution in [0.5, 0.6) is 0 Å². The molecule has 0 radical (unpaired) electrons. The van der Waals surface area contributed by atoms with Crippen molar-refractivity contribution in [3.8, 4) is 0 Å². The molecule has 5 aromatic carbocycles. The van der Waals surface area contributed by atoms with Gasteiger partial charge in [0, 0.05) is 43.3 Å². The lowest BCUT2D eigenvalue weighted by Gasteiger charge is -2.44. The molecule has 0 unspecified atom stereocenters. The molecule has 3 heterocycles. The molecule has 0 saturated carbocycles. The summed E-state index contributed by atoms with van der Waals surface area (Å²) in [6, 6.07) is 34.3. The highest BCUT2D eigenvalue weighted by Gasteiger charge is 2.47. The Morgan fingerprint density at radius 2 is 1.09 bits per heavy atom. The fourth-order valence-corrected chi connectivity index (χ4v) is 11.5. The van der Waals surface area contributed by atoms with Crippen molar-refractivity contribution in [2.45, 2.75) is 144 Å². The van der Waals surface area contributed by atoms with E-state index in [0.717, 1.165) is 0 Å². The number of benzene rings is 5. The van der Waals surface area contributed by atoms with Gasteiger partial charge in [-0.05, 0) is 152 Å². The van der Waals surface area contributed by atoms with Gasteiger partial charge in [0.05, 0.1) is 5.69 Å².